The fraction of sp³-hybridized carbons (Fsp3) is 0.409. The summed E-state index contributed by atoms with van der Waals surface area (Å²) < 4.78 is 35.2. The number of fused-ring (bicyclic) bond motifs is 3. The summed E-state index contributed by atoms with van der Waals surface area (Å²) >= 11 is 0. The van der Waals surface area contributed by atoms with E-state index in [4.69, 9.17) is 9.72 Å². The van der Waals surface area contributed by atoms with Crippen LogP contribution in [0.15, 0.2) is 36.8 Å². The molecule has 0 unspecified atom stereocenters. The molecule has 3 aromatic rings. The second-order valence-electron chi connectivity index (χ2n) is 8.32. The van der Waals surface area contributed by atoms with Crippen molar-refractivity contribution in [1.82, 2.24) is 24.6 Å². The number of nitrogens with zero attached hydrogens (tertiary/aromatic N) is 6. The molecule has 9 heteroatoms. The van der Waals surface area contributed by atoms with Gasteiger partial charge in [-0.05, 0) is 31.5 Å². The number of pyridine rings is 1. The van der Waals surface area contributed by atoms with Crippen LogP contribution in [0.3, 0.4) is 0 Å². The van der Waals surface area contributed by atoms with Gasteiger partial charge >= 0.3 is 0 Å². The highest BCUT2D eigenvalue weighted by Crippen LogP contribution is 2.34. The van der Waals surface area contributed by atoms with E-state index < -0.39 is 11.6 Å². The van der Waals surface area contributed by atoms with Gasteiger partial charge in [-0.25, -0.2) is 23.4 Å². The maximum absolute atomic E-state index is 14.3. The third kappa shape index (κ3) is 4.03. The maximum Gasteiger partial charge on any atom is 0.163 e. The summed E-state index contributed by atoms with van der Waals surface area (Å²) in [5.41, 5.74) is 2.33. The number of anilines is 1. The van der Waals surface area contributed by atoms with Crippen LogP contribution in [-0.2, 0) is 24.5 Å². The highest BCUT2D eigenvalue weighted by molar-refractivity contribution is 5.73. The Balaban J connectivity index is 1.44. The van der Waals surface area contributed by atoms with Gasteiger partial charge in [-0.2, -0.15) is 5.10 Å². The highest BCUT2D eigenvalue weighted by Gasteiger charge is 2.27. The van der Waals surface area contributed by atoms with Crippen LogP contribution < -0.4 is 4.90 Å². The molecule has 0 saturated carbocycles. The number of hydrogen-bond acceptors (Lipinski definition) is 6. The van der Waals surface area contributed by atoms with Gasteiger partial charge in [0.25, 0.3) is 0 Å². The fourth-order valence-electron chi connectivity index (χ4n) is 4.46. The first-order chi connectivity index (χ1) is 15.0. The van der Waals surface area contributed by atoms with Crippen molar-refractivity contribution < 1.29 is 13.5 Å². The number of morpholine rings is 1. The number of halogens is 2. The first-order valence-electron chi connectivity index (χ1n) is 10.4. The Morgan fingerprint density at radius 2 is 1.87 bits per heavy atom. The van der Waals surface area contributed by atoms with E-state index >= 15 is 0 Å². The minimum atomic E-state index is -0.589. The van der Waals surface area contributed by atoms with Crippen LogP contribution in [0.25, 0.3) is 11.4 Å². The van der Waals surface area contributed by atoms with E-state index in [1.165, 1.54) is 18.5 Å². The molecule has 1 aromatic carbocycles. The summed E-state index contributed by atoms with van der Waals surface area (Å²) in [6.45, 7) is 7.32. The summed E-state index contributed by atoms with van der Waals surface area (Å²) in [5.74, 6) is 0.298. The lowest BCUT2D eigenvalue weighted by molar-refractivity contribution is -0.0705. The van der Waals surface area contributed by atoms with Crippen molar-refractivity contribution >= 4 is 5.82 Å². The Hall–Kier alpha value is -2.91. The van der Waals surface area contributed by atoms with Gasteiger partial charge in [-0.3, -0.25) is 4.90 Å². The molecule has 0 N–H and O–H groups in total. The van der Waals surface area contributed by atoms with Crippen molar-refractivity contribution in [2.75, 3.05) is 18.0 Å². The second kappa shape index (κ2) is 7.97. The summed E-state index contributed by atoms with van der Waals surface area (Å²) in [7, 11) is 0. The summed E-state index contributed by atoms with van der Waals surface area (Å²) in [5, 5.41) is 4.30. The maximum atomic E-state index is 14.3. The lowest BCUT2D eigenvalue weighted by atomic mass is 10.1. The molecular formula is C22H24F2N6O. The van der Waals surface area contributed by atoms with Crippen molar-refractivity contribution in [2.45, 2.75) is 45.8 Å². The average molecular weight is 426 g/mol. The number of benzene rings is 1. The van der Waals surface area contributed by atoms with Gasteiger partial charge in [0, 0.05) is 44.0 Å². The van der Waals surface area contributed by atoms with E-state index in [1.54, 1.807) is 4.68 Å². The summed E-state index contributed by atoms with van der Waals surface area (Å²) in [6, 6.07) is 5.73. The topological polar surface area (TPSA) is 59.3 Å². The normalized spacial score (nSPS) is 21.1. The Bertz CT molecular complexity index is 1090. The zero-order valence-corrected chi connectivity index (χ0v) is 17.5. The number of aromatic nitrogens is 4. The molecule has 1 fully saturated rings. The van der Waals surface area contributed by atoms with Crippen molar-refractivity contribution in [2.24, 2.45) is 0 Å². The Morgan fingerprint density at radius 3 is 2.65 bits per heavy atom. The standard InChI is InChI=1S/C22H24F2N6O/c1-14-8-28(9-15(2)31-14)10-16-5-19-21(25-7-16)29(13-30-22(19)26-12-27-30)11-17-3-4-18(23)6-20(17)24/h3-7,12,14-15H,8-11,13H2,1-2H3/t14-,15+. The molecule has 2 aliphatic heterocycles. The van der Waals surface area contributed by atoms with Crippen LogP contribution in [0.4, 0.5) is 14.6 Å². The van der Waals surface area contributed by atoms with Crippen molar-refractivity contribution in [3.63, 3.8) is 0 Å². The molecule has 2 aliphatic rings. The largest absolute Gasteiger partial charge is 0.373 e. The van der Waals surface area contributed by atoms with Gasteiger partial charge in [-0.15, -0.1) is 0 Å². The van der Waals surface area contributed by atoms with Crippen LogP contribution >= 0.6 is 0 Å². The smallest absolute Gasteiger partial charge is 0.163 e. The number of rotatable bonds is 4. The Kier molecular flexibility index (Phi) is 5.15. The van der Waals surface area contributed by atoms with Crippen LogP contribution in [0.1, 0.15) is 25.0 Å². The van der Waals surface area contributed by atoms with Crippen LogP contribution in [0.2, 0.25) is 0 Å². The van der Waals surface area contributed by atoms with Gasteiger partial charge in [0.2, 0.25) is 0 Å². The van der Waals surface area contributed by atoms with Gasteiger partial charge in [0.15, 0.2) is 5.82 Å². The van der Waals surface area contributed by atoms with E-state index in [1.807, 2.05) is 11.1 Å². The van der Waals surface area contributed by atoms with Crippen molar-refractivity contribution in [1.29, 1.82) is 0 Å². The molecule has 5 rings (SSSR count). The SMILES string of the molecule is C[C@@H]1CN(Cc2cnc3c(c2)-c2ncnn2CN3Cc2ccc(F)cc2F)C[C@H](C)O1. The van der Waals surface area contributed by atoms with E-state index in [0.717, 1.165) is 48.5 Å². The van der Waals surface area contributed by atoms with Crippen molar-refractivity contribution in [3.05, 3.63) is 59.6 Å². The third-order valence-corrected chi connectivity index (χ3v) is 5.66. The molecule has 31 heavy (non-hydrogen) atoms. The monoisotopic (exact) mass is 426 g/mol. The molecule has 4 heterocycles. The van der Waals surface area contributed by atoms with Crippen LogP contribution in [0.5, 0.6) is 0 Å². The Labute approximate surface area is 179 Å². The van der Waals surface area contributed by atoms with Gasteiger partial charge in [-0.1, -0.05) is 6.07 Å². The molecule has 0 bridgehead atoms. The number of hydrogen-bond donors (Lipinski definition) is 0. The molecule has 2 aromatic heterocycles. The minimum absolute atomic E-state index is 0.193. The molecule has 0 spiro atoms. The van der Waals surface area contributed by atoms with E-state index in [0.29, 0.717) is 12.2 Å². The highest BCUT2D eigenvalue weighted by atomic mass is 19.1. The first-order valence-corrected chi connectivity index (χ1v) is 10.4. The summed E-state index contributed by atoms with van der Waals surface area (Å²) in [6.07, 6.45) is 3.76. The number of ether oxygens (including phenoxy) is 1. The molecular weight excluding hydrogens is 402 g/mol. The van der Waals surface area contributed by atoms with Crippen LogP contribution in [0, 0.1) is 11.6 Å². The molecule has 0 amide bonds. The molecule has 162 valence electrons. The van der Waals surface area contributed by atoms with E-state index in [-0.39, 0.29) is 18.8 Å². The molecule has 2 atom stereocenters. The van der Waals surface area contributed by atoms with Gasteiger partial charge in [0.1, 0.15) is 30.4 Å². The zero-order chi connectivity index (χ0) is 21.5. The quantitative estimate of drug-likeness (QED) is 0.639. The van der Waals surface area contributed by atoms with Gasteiger partial charge < -0.3 is 9.64 Å². The zero-order valence-electron chi connectivity index (χ0n) is 17.5. The predicted octanol–water partition coefficient (Wildman–Crippen LogP) is 3.21. The lowest BCUT2D eigenvalue weighted by Gasteiger charge is -2.35. The van der Waals surface area contributed by atoms with E-state index in [2.05, 4.69) is 34.9 Å². The first kappa shape index (κ1) is 20.0. The average Bonchev–Trinajstić information content (AvgIpc) is 3.18. The second-order valence-corrected chi connectivity index (χ2v) is 8.32. The third-order valence-electron chi connectivity index (χ3n) is 5.66. The Morgan fingerprint density at radius 1 is 1.06 bits per heavy atom. The minimum Gasteiger partial charge on any atom is -0.373 e. The molecule has 7 nitrogen and oxygen atoms in total. The van der Waals surface area contributed by atoms with Gasteiger partial charge in [0.05, 0.1) is 17.8 Å². The molecule has 0 aliphatic carbocycles. The molecule has 1 saturated heterocycles. The van der Waals surface area contributed by atoms with Crippen LogP contribution in [-0.4, -0.2) is 49.9 Å². The van der Waals surface area contributed by atoms with E-state index in [9.17, 15) is 8.78 Å². The predicted molar refractivity (Wildman–Crippen MR) is 111 cm³/mol. The molecule has 0 radical (unpaired) electrons. The summed E-state index contributed by atoms with van der Waals surface area (Å²) in [4.78, 5) is 13.4. The van der Waals surface area contributed by atoms with Crippen molar-refractivity contribution in [3.8, 4) is 11.4 Å². The lowest BCUT2D eigenvalue weighted by Crippen LogP contribution is -2.44. The fourth-order valence-corrected chi connectivity index (χ4v) is 4.46.